The summed E-state index contributed by atoms with van der Waals surface area (Å²) in [5, 5.41) is 31.1. The Morgan fingerprint density at radius 1 is 1.20 bits per heavy atom. The summed E-state index contributed by atoms with van der Waals surface area (Å²) in [6.45, 7) is 0.976. The Balaban J connectivity index is 0.000000198. The van der Waals surface area contributed by atoms with Crippen molar-refractivity contribution < 1.29 is 24.8 Å². The maximum atomic E-state index is 11.7. The number of aromatic nitrogens is 4. The highest BCUT2D eigenvalue weighted by molar-refractivity contribution is 5.23. The van der Waals surface area contributed by atoms with E-state index in [0.29, 0.717) is 5.56 Å². The maximum absolute atomic E-state index is 11.7. The van der Waals surface area contributed by atoms with Crippen molar-refractivity contribution in [1.82, 2.24) is 19.1 Å². The van der Waals surface area contributed by atoms with Crippen LogP contribution in [0.3, 0.4) is 0 Å². The van der Waals surface area contributed by atoms with Gasteiger partial charge in [-0.3, -0.25) is 18.9 Å². The number of aromatic amines is 1. The van der Waals surface area contributed by atoms with Crippen LogP contribution in [-0.2, 0) is 9.47 Å². The molecular weight excluding hydrogens is 468 g/mol. The smallest absolute Gasteiger partial charge is 0.351 e. The molecule has 35 heavy (non-hydrogen) atoms. The van der Waals surface area contributed by atoms with Gasteiger partial charge in [0.2, 0.25) is 0 Å². The molecule has 0 spiro atoms. The van der Waals surface area contributed by atoms with Crippen LogP contribution in [0.2, 0.25) is 0 Å². The molecule has 2 saturated heterocycles. The van der Waals surface area contributed by atoms with Crippen molar-refractivity contribution in [2.75, 3.05) is 18.9 Å². The van der Waals surface area contributed by atoms with Crippen molar-refractivity contribution >= 4 is 5.82 Å². The van der Waals surface area contributed by atoms with Crippen molar-refractivity contribution in [3.05, 3.63) is 65.8 Å². The Morgan fingerprint density at radius 3 is 2.46 bits per heavy atom. The number of azide groups is 1. The first kappa shape index (κ1) is 26.1. The lowest BCUT2D eigenvalue weighted by atomic mass is 10.1. The molecule has 2 fully saturated rings. The summed E-state index contributed by atoms with van der Waals surface area (Å²) < 4.78 is 13.2. The SMILES string of the molecule is Cc1cn([C@H]2C[C@H](N=[N+]=[N-])[C@@H](CO)O2)c(=O)[nH]c1=O.Nc1ccn([C@H]2C[C@H](O)[C@@H](CO)O2)c(=O)n1. The molecule has 2 aromatic heterocycles. The Kier molecular flexibility index (Phi) is 8.39. The van der Waals surface area contributed by atoms with Gasteiger partial charge in [-0.15, -0.1) is 0 Å². The number of nitrogens with zero attached hydrogens (tertiary/aromatic N) is 6. The van der Waals surface area contributed by atoms with Gasteiger partial charge in [0.05, 0.1) is 31.5 Å². The molecule has 0 bridgehead atoms. The van der Waals surface area contributed by atoms with Crippen molar-refractivity contribution in [1.29, 1.82) is 0 Å². The fourth-order valence-electron chi connectivity index (χ4n) is 3.73. The third-order valence-corrected chi connectivity index (χ3v) is 5.59. The van der Waals surface area contributed by atoms with Crippen LogP contribution in [0, 0.1) is 6.92 Å². The fourth-order valence-corrected chi connectivity index (χ4v) is 3.73. The molecule has 6 N–H and O–H groups in total. The van der Waals surface area contributed by atoms with Gasteiger partial charge in [-0.05, 0) is 18.5 Å². The van der Waals surface area contributed by atoms with E-state index in [-0.39, 0.29) is 31.9 Å². The van der Waals surface area contributed by atoms with Gasteiger partial charge in [0.15, 0.2) is 0 Å². The predicted octanol–water partition coefficient (Wildman–Crippen LogP) is -1.73. The normalized spacial score (nSPS) is 27.7. The second-order valence-corrected chi connectivity index (χ2v) is 7.96. The highest BCUT2D eigenvalue weighted by Gasteiger charge is 2.36. The van der Waals surface area contributed by atoms with Crippen LogP contribution in [0.15, 0.2) is 38.0 Å². The molecule has 2 aromatic rings. The number of hydrogen-bond donors (Lipinski definition) is 5. The Labute approximate surface area is 196 Å². The third-order valence-electron chi connectivity index (χ3n) is 5.59. The largest absolute Gasteiger partial charge is 0.394 e. The molecule has 16 heteroatoms. The maximum Gasteiger partial charge on any atom is 0.351 e. The zero-order valence-corrected chi connectivity index (χ0v) is 18.7. The topological polar surface area (TPSA) is 244 Å². The molecule has 0 saturated carbocycles. The first-order valence-electron chi connectivity index (χ1n) is 10.6. The summed E-state index contributed by atoms with van der Waals surface area (Å²) in [5.74, 6) is 0.138. The van der Waals surface area contributed by atoms with Crippen LogP contribution in [0.1, 0.15) is 30.9 Å². The molecule has 190 valence electrons. The number of H-pyrrole nitrogens is 1. The van der Waals surface area contributed by atoms with E-state index in [9.17, 15) is 19.5 Å². The third kappa shape index (κ3) is 5.94. The van der Waals surface area contributed by atoms with Crippen LogP contribution >= 0.6 is 0 Å². The van der Waals surface area contributed by atoms with Crippen LogP contribution in [0.4, 0.5) is 5.82 Å². The van der Waals surface area contributed by atoms with Gasteiger partial charge in [-0.2, -0.15) is 4.98 Å². The number of hydrogen-bond acceptors (Lipinski definition) is 11. The van der Waals surface area contributed by atoms with Crippen molar-refractivity contribution in [2.24, 2.45) is 5.11 Å². The van der Waals surface area contributed by atoms with E-state index < -0.39 is 53.7 Å². The van der Waals surface area contributed by atoms with Gasteiger partial charge in [0, 0.05) is 35.7 Å². The highest BCUT2D eigenvalue weighted by atomic mass is 16.5. The molecule has 16 nitrogen and oxygen atoms in total. The number of aliphatic hydroxyl groups excluding tert-OH is 3. The standard InChI is InChI=1S/C10H13N5O4.C9H13N3O4/c1-5-3-15(10(18)12-9(5)17)8-2-6(13-14-11)7(4-16)19-8;10-7-1-2-12(9(15)11-7)8-3-5(14)6(4-13)16-8/h3,6-8,16H,2,4H2,1H3,(H,12,17,18);1-2,5-6,8,13-14H,3-4H2,(H2,10,11,15)/t6-,7+,8+;5-,6+,8+/m00/s1. The lowest BCUT2D eigenvalue weighted by Crippen LogP contribution is -2.33. The second kappa shape index (κ2) is 11.3. The van der Waals surface area contributed by atoms with Gasteiger partial charge in [0.1, 0.15) is 24.4 Å². The van der Waals surface area contributed by atoms with E-state index in [4.69, 9.17) is 31.0 Å². The van der Waals surface area contributed by atoms with Crippen molar-refractivity contribution in [2.45, 2.75) is 56.6 Å². The van der Waals surface area contributed by atoms with E-state index in [1.807, 2.05) is 0 Å². The molecular formula is C19H26N8O8. The minimum atomic E-state index is -0.778. The van der Waals surface area contributed by atoms with Crippen LogP contribution < -0.4 is 22.7 Å². The average Bonchev–Trinajstić information content (AvgIpc) is 3.39. The average molecular weight is 494 g/mol. The molecule has 0 amide bonds. The molecule has 2 aliphatic rings. The van der Waals surface area contributed by atoms with E-state index in [1.54, 1.807) is 6.92 Å². The van der Waals surface area contributed by atoms with Gasteiger partial charge >= 0.3 is 11.4 Å². The molecule has 0 radical (unpaired) electrons. The van der Waals surface area contributed by atoms with E-state index in [0.717, 1.165) is 0 Å². The number of nitrogens with two attached hydrogens (primary N) is 1. The fraction of sp³-hybridized carbons (Fsp3) is 0.579. The molecule has 0 aliphatic carbocycles. The number of ether oxygens (including phenoxy) is 2. The van der Waals surface area contributed by atoms with Crippen LogP contribution in [0.25, 0.3) is 10.4 Å². The quantitative estimate of drug-likeness (QED) is 0.178. The van der Waals surface area contributed by atoms with Gasteiger partial charge in [-0.25, -0.2) is 9.59 Å². The number of aliphatic hydroxyl groups is 3. The Hall–Kier alpha value is -3.53. The summed E-state index contributed by atoms with van der Waals surface area (Å²) in [5.41, 5.74) is 12.6. The van der Waals surface area contributed by atoms with E-state index in [1.165, 1.54) is 27.6 Å². The number of nitrogens with one attached hydrogen (secondary N) is 1. The molecule has 0 aromatic carbocycles. The summed E-state index contributed by atoms with van der Waals surface area (Å²) in [4.78, 5) is 42.9. The Bertz CT molecular complexity index is 1250. The van der Waals surface area contributed by atoms with Gasteiger partial charge < -0.3 is 30.5 Å². The highest BCUT2D eigenvalue weighted by Crippen LogP contribution is 2.30. The van der Waals surface area contributed by atoms with E-state index in [2.05, 4.69) is 20.0 Å². The van der Waals surface area contributed by atoms with E-state index >= 15 is 0 Å². The first-order chi connectivity index (χ1) is 16.7. The Morgan fingerprint density at radius 2 is 1.86 bits per heavy atom. The van der Waals surface area contributed by atoms with Gasteiger partial charge in [-0.1, -0.05) is 5.11 Å². The van der Waals surface area contributed by atoms with Crippen LogP contribution in [0.5, 0.6) is 0 Å². The number of rotatable bonds is 5. The minimum absolute atomic E-state index is 0.138. The summed E-state index contributed by atoms with van der Waals surface area (Å²) in [6, 6.07) is 0.933. The summed E-state index contributed by atoms with van der Waals surface area (Å²) >= 11 is 0. The number of nitrogen functional groups attached to an aromatic ring is 1. The molecule has 4 rings (SSSR count). The summed E-state index contributed by atoms with van der Waals surface area (Å²) in [6.07, 6.45) is -0.00445. The minimum Gasteiger partial charge on any atom is -0.394 e. The van der Waals surface area contributed by atoms with Gasteiger partial charge in [0.25, 0.3) is 5.56 Å². The predicted molar refractivity (Wildman–Crippen MR) is 119 cm³/mol. The summed E-state index contributed by atoms with van der Waals surface area (Å²) in [7, 11) is 0. The van der Waals surface area contributed by atoms with Crippen molar-refractivity contribution in [3.8, 4) is 0 Å². The van der Waals surface area contributed by atoms with Crippen LogP contribution in [-0.4, -0.2) is 72.0 Å². The zero-order valence-electron chi connectivity index (χ0n) is 18.7. The lowest BCUT2D eigenvalue weighted by molar-refractivity contribution is -0.0458. The monoisotopic (exact) mass is 494 g/mol. The molecule has 4 heterocycles. The zero-order chi connectivity index (χ0) is 25.7. The lowest BCUT2D eigenvalue weighted by Gasteiger charge is -2.14. The number of aryl methyl sites for hydroxylation is 1. The second-order valence-electron chi connectivity index (χ2n) is 7.96. The molecule has 0 unspecified atom stereocenters. The molecule has 6 atom stereocenters. The first-order valence-corrected chi connectivity index (χ1v) is 10.6. The van der Waals surface area contributed by atoms with Crippen molar-refractivity contribution in [3.63, 3.8) is 0 Å². The number of anilines is 1. The molecule has 2 aliphatic heterocycles.